The molecule has 0 N–H and O–H groups in total. The van der Waals surface area contributed by atoms with Gasteiger partial charge in [0.05, 0.1) is 5.92 Å². The average molecular weight is 270 g/mol. The Morgan fingerprint density at radius 2 is 1.26 bits per heavy atom. The maximum absolute atomic E-state index is 11.7. The summed E-state index contributed by atoms with van der Waals surface area (Å²) in [4.78, 5) is 11.7. The summed E-state index contributed by atoms with van der Waals surface area (Å²) in [5.74, 6) is -0.0493. The Kier molecular flexibility index (Phi) is 9.99. The minimum absolute atomic E-state index is 0.0118. The monoisotopic (exact) mass is 270 g/mol. The molecule has 0 unspecified atom stereocenters. The summed E-state index contributed by atoms with van der Waals surface area (Å²) in [6.07, 6.45) is 11.1. The van der Waals surface area contributed by atoms with E-state index in [-0.39, 0.29) is 17.5 Å². The van der Waals surface area contributed by atoms with Crippen LogP contribution in [0.15, 0.2) is 0 Å². The summed E-state index contributed by atoms with van der Waals surface area (Å²) < 4.78 is 5.73. The molecule has 2 heteroatoms. The van der Waals surface area contributed by atoms with Gasteiger partial charge in [-0.3, -0.25) is 4.79 Å². The van der Waals surface area contributed by atoms with Crippen LogP contribution >= 0.6 is 0 Å². The summed E-state index contributed by atoms with van der Waals surface area (Å²) in [6, 6.07) is 0. The number of hydrogen-bond acceptors (Lipinski definition) is 2. The van der Waals surface area contributed by atoms with E-state index in [2.05, 4.69) is 6.92 Å². The van der Waals surface area contributed by atoms with Gasteiger partial charge in [-0.1, -0.05) is 59.8 Å². The van der Waals surface area contributed by atoms with Crippen molar-refractivity contribution in [1.29, 1.82) is 0 Å². The van der Waals surface area contributed by atoms with Crippen molar-refractivity contribution >= 4 is 5.97 Å². The Balaban J connectivity index is 0.00000154. The summed E-state index contributed by atoms with van der Waals surface area (Å²) in [6.45, 7) is 9.94. The van der Waals surface area contributed by atoms with Crippen LogP contribution in [0.2, 0.25) is 0 Å². The molecular weight excluding hydrogens is 236 g/mol. The third kappa shape index (κ3) is 8.28. The first-order chi connectivity index (χ1) is 9.03. The highest BCUT2D eigenvalue weighted by Gasteiger charge is 2.29. The van der Waals surface area contributed by atoms with E-state index in [0.29, 0.717) is 0 Å². The SMILES string of the molecule is CC.CC(C)C(=O)OC1(C)CCCCCCCCC1. The second kappa shape index (κ2) is 10.3. The third-order valence-electron chi connectivity index (χ3n) is 3.73. The van der Waals surface area contributed by atoms with Crippen molar-refractivity contribution in [2.75, 3.05) is 0 Å². The fraction of sp³-hybridized carbons (Fsp3) is 0.941. The van der Waals surface area contributed by atoms with E-state index >= 15 is 0 Å². The van der Waals surface area contributed by atoms with E-state index in [0.717, 1.165) is 12.8 Å². The summed E-state index contributed by atoms with van der Waals surface area (Å²) in [5.41, 5.74) is -0.210. The van der Waals surface area contributed by atoms with E-state index in [1.54, 1.807) is 0 Å². The molecule has 0 amide bonds. The molecule has 19 heavy (non-hydrogen) atoms. The van der Waals surface area contributed by atoms with Gasteiger partial charge in [0.1, 0.15) is 5.60 Å². The van der Waals surface area contributed by atoms with E-state index in [4.69, 9.17) is 4.74 Å². The summed E-state index contributed by atoms with van der Waals surface area (Å²) >= 11 is 0. The molecule has 1 fully saturated rings. The van der Waals surface area contributed by atoms with Crippen LogP contribution in [0.3, 0.4) is 0 Å². The van der Waals surface area contributed by atoms with Crippen molar-refractivity contribution < 1.29 is 9.53 Å². The number of carbonyl (C=O) groups excluding carboxylic acids is 1. The van der Waals surface area contributed by atoms with Crippen LogP contribution in [0.25, 0.3) is 0 Å². The zero-order valence-electron chi connectivity index (χ0n) is 13.8. The molecule has 0 aromatic rings. The van der Waals surface area contributed by atoms with Crippen molar-refractivity contribution in [1.82, 2.24) is 0 Å². The number of rotatable bonds is 2. The quantitative estimate of drug-likeness (QED) is 0.620. The van der Waals surface area contributed by atoms with Crippen molar-refractivity contribution in [2.45, 2.75) is 98.0 Å². The Morgan fingerprint density at radius 1 is 0.895 bits per heavy atom. The zero-order chi connectivity index (χ0) is 14.7. The minimum Gasteiger partial charge on any atom is -0.459 e. The fourth-order valence-corrected chi connectivity index (χ4v) is 2.47. The van der Waals surface area contributed by atoms with Gasteiger partial charge in [0.25, 0.3) is 0 Å². The lowest BCUT2D eigenvalue weighted by atomic mass is 9.89. The van der Waals surface area contributed by atoms with Gasteiger partial charge in [0, 0.05) is 0 Å². The second-order valence-electron chi connectivity index (χ2n) is 6.00. The number of carbonyl (C=O) groups is 1. The summed E-state index contributed by atoms with van der Waals surface area (Å²) in [7, 11) is 0. The minimum atomic E-state index is -0.210. The highest BCUT2D eigenvalue weighted by molar-refractivity contribution is 5.72. The smallest absolute Gasteiger partial charge is 0.308 e. The molecular formula is C17H34O2. The maximum atomic E-state index is 11.7. The lowest BCUT2D eigenvalue weighted by Gasteiger charge is -2.31. The van der Waals surface area contributed by atoms with Gasteiger partial charge < -0.3 is 4.74 Å². The van der Waals surface area contributed by atoms with Crippen LogP contribution in [-0.4, -0.2) is 11.6 Å². The van der Waals surface area contributed by atoms with Gasteiger partial charge in [-0.15, -0.1) is 0 Å². The zero-order valence-corrected chi connectivity index (χ0v) is 13.8. The largest absolute Gasteiger partial charge is 0.459 e. The highest BCUT2D eigenvalue weighted by atomic mass is 16.6. The van der Waals surface area contributed by atoms with Gasteiger partial charge in [0.15, 0.2) is 0 Å². The third-order valence-corrected chi connectivity index (χ3v) is 3.73. The molecule has 0 atom stereocenters. The van der Waals surface area contributed by atoms with Crippen LogP contribution < -0.4 is 0 Å². The molecule has 2 nitrogen and oxygen atoms in total. The maximum Gasteiger partial charge on any atom is 0.308 e. The molecule has 1 aliphatic rings. The van der Waals surface area contributed by atoms with E-state index in [9.17, 15) is 4.79 Å². The van der Waals surface area contributed by atoms with Crippen molar-refractivity contribution in [2.24, 2.45) is 5.92 Å². The van der Waals surface area contributed by atoms with Gasteiger partial charge in [-0.25, -0.2) is 0 Å². The van der Waals surface area contributed by atoms with Crippen molar-refractivity contribution in [3.05, 3.63) is 0 Å². The molecule has 0 aromatic heterocycles. The van der Waals surface area contributed by atoms with Gasteiger partial charge in [0.2, 0.25) is 0 Å². The predicted octanol–water partition coefficient (Wildman–Crippen LogP) is 5.50. The predicted molar refractivity (Wildman–Crippen MR) is 82.2 cm³/mol. The van der Waals surface area contributed by atoms with E-state index in [1.807, 2.05) is 27.7 Å². The Hall–Kier alpha value is -0.530. The molecule has 0 aliphatic heterocycles. The number of esters is 1. The first-order valence-electron chi connectivity index (χ1n) is 8.26. The van der Waals surface area contributed by atoms with Gasteiger partial charge in [-0.05, 0) is 32.6 Å². The van der Waals surface area contributed by atoms with Gasteiger partial charge in [-0.2, -0.15) is 0 Å². The average Bonchev–Trinajstić information content (AvgIpc) is 2.39. The van der Waals surface area contributed by atoms with E-state index < -0.39 is 0 Å². The molecule has 0 saturated heterocycles. The molecule has 1 aliphatic carbocycles. The Bertz CT molecular complexity index is 223. The second-order valence-corrected chi connectivity index (χ2v) is 6.00. The highest BCUT2D eigenvalue weighted by Crippen LogP contribution is 2.29. The normalized spacial score (nSPS) is 20.1. The summed E-state index contributed by atoms with van der Waals surface area (Å²) in [5, 5.41) is 0. The molecule has 114 valence electrons. The number of ether oxygens (including phenoxy) is 1. The Labute approximate surface area is 120 Å². The molecule has 1 rings (SSSR count). The van der Waals surface area contributed by atoms with Crippen LogP contribution in [0, 0.1) is 5.92 Å². The number of hydrogen-bond donors (Lipinski definition) is 0. The van der Waals surface area contributed by atoms with Crippen LogP contribution in [0.4, 0.5) is 0 Å². The molecule has 0 aromatic carbocycles. The first-order valence-corrected chi connectivity index (χ1v) is 8.26. The Morgan fingerprint density at radius 3 is 1.63 bits per heavy atom. The van der Waals surface area contributed by atoms with E-state index in [1.165, 1.54) is 44.9 Å². The lowest BCUT2D eigenvalue weighted by Crippen LogP contribution is -2.33. The fourth-order valence-electron chi connectivity index (χ4n) is 2.47. The molecule has 0 bridgehead atoms. The van der Waals surface area contributed by atoms with Crippen LogP contribution in [0.5, 0.6) is 0 Å². The van der Waals surface area contributed by atoms with Crippen LogP contribution in [0.1, 0.15) is 92.4 Å². The van der Waals surface area contributed by atoms with Crippen molar-refractivity contribution in [3.8, 4) is 0 Å². The molecule has 0 spiro atoms. The topological polar surface area (TPSA) is 26.3 Å². The first kappa shape index (κ1) is 18.5. The standard InChI is InChI=1S/C15H28O2.C2H6/c1-13(2)14(16)17-15(3)11-9-7-5-4-6-8-10-12-15;1-2/h13H,4-12H2,1-3H3;1-2H3. The molecule has 0 heterocycles. The van der Waals surface area contributed by atoms with Crippen LogP contribution in [-0.2, 0) is 9.53 Å². The lowest BCUT2D eigenvalue weighted by molar-refractivity contribution is -0.163. The molecule has 1 saturated carbocycles. The molecule has 0 radical (unpaired) electrons. The van der Waals surface area contributed by atoms with Crippen molar-refractivity contribution in [3.63, 3.8) is 0 Å². The van der Waals surface area contributed by atoms with Gasteiger partial charge >= 0.3 is 5.97 Å².